The van der Waals surface area contributed by atoms with E-state index >= 15 is 0 Å². The van der Waals surface area contributed by atoms with Crippen LogP contribution in [0.15, 0.2) is 29.4 Å². The van der Waals surface area contributed by atoms with E-state index in [0.717, 1.165) is 0 Å². The summed E-state index contributed by atoms with van der Waals surface area (Å²) in [5.41, 5.74) is 0.675. The zero-order valence-electron chi connectivity index (χ0n) is 7.24. The average Bonchev–Trinajstić information content (AvgIpc) is 2.09. The molecule has 0 saturated carbocycles. The van der Waals surface area contributed by atoms with Gasteiger partial charge in [-0.1, -0.05) is 0 Å². The van der Waals surface area contributed by atoms with Crippen molar-refractivity contribution in [3.05, 3.63) is 35.6 Å². The fourth-order valence-electron chi connectivity index (χ4n) is 0.968. The molecule has 1 aromatic carbocycles. The number of hydrogen-bond donors (Lipinski definition) is 2. The Balaban J connectivity index is 3.00. The van der Waals surface area contributed by atoms with Gasteiger partial charge in [-0.3, -0.25) is 5.01 Å². The second kappa shape index (κ2) is 3.86. The van der Waals surface area contributed by atoms with Crippen molar-refractivity contribution in [3.63, 3.8) is 0 Å². The van der Waals surface area contributed by atoms with Crippen molar-refractivity contribution >= 4 is 5.84 Å². The molecule has 0 bridgehead atoms. The van der Waals surface area contributed by atoms with Gasteiger partial charge >= 0.3 is 0 Å². The van der Waals surface area contributed by atoms with E-state index in [0.29, 0.717) is 11.4 Å². The first-order chi connectivity index (χ1) is 6.15. The van der Waals surface area contributed by atoms with Gasteiger partial charge in [0.15, 0.2) is 5.84 Å². The third-order valence-corrected chi connectivity index (χ3v) is 1.56. The third-order valence-electron chi connectivity index (χ3n) is 1.56. The minimum Gasteiger partial charge on any atom is -0.321 e. The molecular formula is C8H11FN4. The Hall–Kier alpha value is -1.62. The Kier molecular flexibility index (Phi) is 2.81. The number of amidine groups is 1. The molecule has 0 spiro atoms. The molecule has 5 heteroatoms. The van der Waals surface area contributed by atoms with Crippen LogP contribution in [0.4, 0.5) is 4.39 Å². The van der Waals surface area contributed by atoms with Gasteiger partial charge < -0.3 is 5.84 Å². The molecule has 13 heavy (non-hydrogen) atoms. The normalized spacial score (nSPS) is 11.5. The minimum absolute atomic E-state index is 0.306. The van der Waals surface area contributed by atoms with Gasteiger partial charge in [0.05, 0.1) is 0 Å². The van der Waals surface area contributed by atoms with Gasteiger partial charge in [0, 0.05) is 12.6 Å². The molecular weight excluding hydrogens is 171 g/mol. The van der Waals surface area contributed by atoms with Crippen LogP contribution in [0.5, 0.6) is 0 Å². The fourth-order valence-corrected chi connectivity index (χ4v) is 0.968. The SMILES string of the molecule is CN(N)/C(=N\N)c1ccc(F)cc1. The predicted molar refractivity (Wildman–Crippen MR) is 49.1 cm³/mol. The first-order valence-electron chi connectivity index (χ1n) is 3.67. The van der Waals surface area contributed by atoms with E-state index in [-0.39, 0.29) is 5.82 Å². The smallest absolute Gasteiger partial charge is 0.169 e. The number of rotatable bonds is 1. The van der Waals surface area contributed by atoms with E-state index in [9.17, 15) is 4.39 Å². The summed E-state index contributed by atoms with van der Waals surface area (Å²) in [5, 5.41) is 4.75. The van der Waals surface area contributed by atoms with Gasteiger partial charge in [0.25, 0.3) is 0 Å². The summed E-state index contributed by atoms with van der Waals surface area (Å²) < 4.78 is 12.5. The van der Waals surface area contributed by atoms with Crippen LogP contribution in [0.25, 0.3) is 0 Å². The zero-order valence-corrected chi connectivity index (χ0v) is 7.24. The number of benzene rings is 1. The molecule has 0 aliphatic carbocycles. The summed E-state index contributed by atoms with van der Waals surface area (Å²) in [6, 6.07) is 5.77. The number of halogens is 1. The number of hydrogen-bond acceptors (Lipinski definition) is 3. The Morgan fingerprint density at radius 3 is 2.31 bits per heavy atom. The maximum Gasteiger partial charge on any atom is 0.169 e. The summed E-state index contributed by atoms with van der Waals surface area (Å²) >= 11 is 0. The number of hydrazone groups is 1. The maximum absolute atomic E-state index is 12.5. The minimum atomic E-state index is -0.306. The molecule has 1 aromatic rings. The number of hydrazine groups is 1. The van der Waals surface area contributed by atoms with Gasteiger partial charge in [-0.25, -0.2) is 10.2 Å². The quantitative estimate of drug-likeness (QED) is 0.283. The number of nitrogens with two attached hydrogens (primary N) is 2. The van der Waals surface area contributed by atoms with Crippen molar-refractivity contribution in [1.82, 2.24) is 5.01 Å². The average molecular weight is 182 g/mol. The van der Waals surface area contributed by atoms with Gasteiger partial charge in [0.2, 0.25) is 0 Å². The standard InChI is InChI=1S/C8H11FN4/c1-13(11)8(12-10)6-2-4-7(9)5-3-6/h2-5H,10-11H2,1H3/b12-8-. The summed E-state index contributed by atoms with van der Waals surface area (Å²) in [6.07, 6.45) is 0. The van der Waals surface area contributed by atoms with E-state index in [4.69, 9.17) is 11.7 Å². The molecule has 4 N–H and O–H groups in total. The van der Waals surface area contributed by atoms with Crippen molar-refractivity contribution < 1.29 is 4.39 Å². The van der Waals surface area contributed by atoms with E-state index in [1.54, 1.807) is 19.2 Å². The molecule has 0 unspecified atom stereocenters. The van der Waals surface area contributed by atoms with Crippen molar-refractivity contribution in [2.75, 3.05) is 7.05 Å². The molecule has 0 heterocycles. The maximum atomic E-state index is 12.5. The third kappa shape index (κ3) is 2.16. The molecule has 0 radical (unpaired) electrons. The first-order valence-corrected chi connectivity index (χ1v) is 3.67. The first kappa shape index (κ1) is 9.47. The molecule has 0 aliphatic heterocycles. The van der Waals surface area contributed by atoms with Gasteiger partial charge in [-0.15, -0.1) is 0 Å². The fraction of sp³-hybridized carbons (Fsp3) is 0.125. The Morgan fingerprint density at radius 2 is 1.92 bits per heavy atom. The second-order valence-corrected chi connectivity index (χ2v) is 2.57. The lowest BCUT2D eigenvalue weighted by molar-refractivity contribution is 0.537. The summed E-state index contributed by atoms with van der Waals surface area (Å²) in [4.78, 5) is 0. The highest BCUT2D eigenvalue weighted by molar-refractivity contribution is 5.97. The van der Waals surface area contributed by atoms with E-state index in [1.165, 1.54) is 17.1 Å². The van der Waals surface area contributed by atoms with Crippen LogP contribution in [0.3, 0.4) is 0 Å². The van der Waals surface area contributed by atoms with Crippen LogP contribution < -0.4 is 11.7 Å². The molecule has 70 valence electrons. The molecule has 0 saturated heterocycles. The van der Waals surface area contributed by atoms with Crippen LogP contribution in [-0.4, -0.2) is 17.9 Å². The van der Waals surface area contributed by atoms with Crippen molar-refractivity contribution in [1.29, 1.82) is 0 Å². The highest BCUT2D eigenvalue weighted by Crippen LogP contribution is 2.04. The lowest BCUT2D eigenvalue weighted by Crippen LogP contribution is -2.34. The predicted octanol–water partition coefficient (Wildman–Crippen LogP) is 0.252. The highest BCUT2D eigenvalue weighted by Gasteiger charge is 2.05. The Morgan fingerprint density at radius 1 is 1.38 bits per heavy atom. The van der Waals surface area contributed by atoms with E-state index in [2.05, 4.69) is 5.10 Å². The zero-order chi connectivity index (χ0) is 9.84. The van der Waals surface area contributed by atoms with Gasteiger partial charge in [0.1, 0.15) is 5.82 Å². The van der Waals surface area contributed by atoms with Crippen LogP contribution >= 0.6 is 0 Å². The lowest BCUT2D eigenvalue weighted by atomic mass is 10.2. The lowest BCUT2D eigenvalue weighted by Gasteiger charge is -2.13. The van der Waals surface area contributed by atoms with Crippen molar-refractivity contribution in [3.8, 4) is 0 Å². The topological polar surface area (TPSA) is 67.6 Å². The van der Waals surface area contributed by atoms with Crippen molar-refractivity contribution in [2.24, 2.45) is 16.8 Å². The van der Waals surface area contributed by atoms with Gasteiger partial charge in [-0.05, 0) is 24.3 Å². The van der Waals surface area contributed by atoms with Crippen LogP contribution in [0.1, 0.15) is 5.56 Å². The molecule has 0 atom stereocenters. The van der Waals surface area contributed by atoms with Crippen molar-refractivity contribution in [2.45, 2.75) is 0 Å². The monoisotopic (exact) mass is 182 g/mol. The molecule has 0 fully saturated rings. The molecule has 0 aromatic heterocycles. The Labute approximate surface area is 75.6 Å². The largest absolute Gasteiger partial charge is 0.321 e. The van der Waals surface area contributed by atoms with Crippen LogP contribution in [-0.2, 0) is 0 Å². The summed E-state index contributed by atoms with van der Waals surface area (Å²) in [5.74, 6) is 10.7. The highest BCUT2D eigenvalue weighted by atomic mass is 19.1. The van der Waals surface area contributed by atoms with E-state index < -0.39 is 0 Å². The molecule has 1 rings (SSSR count). The van der Waals surface area contributed by atoms with Crippen LogP contribution in [0.2, 0.25) is 0 Å². The summed E-state index contributed by atoms with van der Waals surface area (Å²) in [7, 11) is 1.61. The Bertz CT molecular complexity index is 304. The van der Waals surface area contributed by atoms with Crippen LogP contribution in [0, 0.1) is 5.82 Å². The molecule has 0 amide bonds. The molecule has 0 aliphatic rings. The second-order valence-electron chi connectivity index (χ2n) is 2.57. The molecule has 4 nitrogen and oxygen atoms in total. The van der Waals surface area contributed by atoms with E-state index in [1.807, 2.05) is 0 Å². The van der Waals surface area contributed by atoms with Gasteiger partial charge in [-0.2, -0.15) is 5.10 Å². The summed E-state index contributed by atoms with van der Waals surface area (Å²) in [6.45, 7) is 0. The number of nitrogens with zero attached hydrogens (tertiary/aromatic N) is 2.